The molecule has 0 saturated carbocycles. The van der Waals surface area contributed by atoms with E-state index in [4.69, 9.17) is 0 Å². The smallest absolute Gasteiger partial charge is 0.282 e. The number of carbonyl (C=O) groups is 2. The number of benzene rings is 3. The van der Waals surface area contributed by atoms with Crippen molar-refractivity contribution in [2.75, 3.05) is 30.9 Å². The molecule has 0 aromatic heterocycles. The highest BCUT2D eigenvalue weighted by Gasteiger charge is 2.42. The number of hydrogen-bond acceptors (Lipinski definition) is 4. The zero-order valence-corrected chi connectivity index (χ0v) is 19.8. The van der Waals surface area contributed by atoms with Crippen LogP contribution in [0.5, 0.6) is 0 Å². The summed E-state index contributed by atoms with van der Waals surface area (Å²) < 4.78 is 0. The van der Waals surface area contributed by atoms with Crippen molar-refractivity contribution in [2.45, 2.75) is 20.4 Å². The average molecular weight is 440 g/mol. The van der Waals surface area contributed by atoms with E-state index < -0.39 is 0 Å². The Bertz CT molecular complexity index is 1230. The quantitative estimate of drug-likeness (QED) is 0.518. The van der Waals surface area contributed by atoms with Crippen LogP contribution < -0.4 is 9.80 Å². The van der Waals surface area contributed by atoms with Gasteiger partial charge in [0.15, 0.2) is 0 Å². The molecule has 3 aromatic carbocycles. The molecular weight excluding hydrogens is 410 g/mol. The second-order valence-corrected chi connectivity index (χ2v) is 8.74. The molecule has 5 nitrogen and oxygen atoms in total. The van der Waals surface area contributed by atoms with Crippen molar-refractivity contribution >= 4 is 28.8 Å². The Morgan fingerprint density at radius 3 is 2.06 bits per heavy atom. The molecule has 0 fully saturated rings. The Balaban J connectivity index is 1.80. The number of aryl methyl sites for hydroxylation is 2. The number of anilines is 2. The second-order valence-electron chi connectivity index (χ2n) is 8.74. The molecule has 0 spiro atoms. The molecule has 168 valence electrons. The maximum Gasteiger partial charge on any atom is 0.282 e. The summed E-state index contributed by atoms with van der Waals surface area (Å²) >= 11 is 0. The van der Waals surface area contributed by atoms with Crippen LogP contribution in [-0.2, 0) is 16.1 Å². The van der Waals surface area contributed by atoms with E-state index in [0.29, 0.717) is 23.5 Å². The van der Waals surface area contributed by atoms with Crippen LogP contribution in [0.4, 0.5) is 11.4 Å². The van der Waals surface area contributed by atoms with Crippen LogP contribution in [0.1, 0.15) is 22.3 Å². The number of imide groups is 1. The Kier molecular flexibility index (Phi) is 6.05. The molecule has 0 radical (unpaired) electrons. The molecule has 2 amide bonds. The molecule has 5 heteroatoms. The summed E-state index contributed by atoms with van der Waals surface area (Å²) in [5, 5.41) is 0. The SMILES string of the molecule is Cc1ccc(C2=C(N(C)Cc3ccccc3)C(=O)N(c3ccc(N(C)C)cc3)C2=O)c(C)c1. The minimum absolute atomic E-state index is 0.292. The molecule has 0 bridgehead atoms. The minimum Gasteiger partial charge on any atom is -0.378 e. The third kappa shape index (κ3) is 4.27. The number of hydrogen-bond donors (Lipinski definition) is 0. The van der Waals surface area contributed by atoms with Gasteiger partial charge in [-0.15, -0.1) is 0 Å². The lowest BCUT2D eigenvalue weighted by Gasteiger charge is -2.22. The minimum atomic E-state index is -0.300. The number of amides is 2. The van der Waals surface area contributed by atoms with E-state index in [1.165, 1.54) is 4.90 Å². The van der Waals surface area contributed by atoms with Gasteiger partial charge in [-0.3, -0.25) is 9.59 Å². The number of likely N-dealkylation sites (N-methyl/N-ethyl adjacent to an activating group) is 1. The third-order valence-corrected chi connectivity index (χ3v) is 5.98. The molecule has 4 rings (SSSR count). The van der Waals surface area contributed by atoms with Crippen LogP contribution in [0, 0.1) is 13.8 Å². The normalized spacial score (nSPS) is 13.7. The highest BCUT2D eigenvalue weighted by molar-refractivity contribution is 6.45. The van der Waals surface area contributed by atoms with E-state index in [1.54, 1.807) is 0 Å². The molecule has 0 saturated heterocycles. The summed E-state index contributed by atoms with van der Waals surface area (Å²) in [5.41, 5.74) is 6.40. The highest BCUT2D eigenvalue weighted by Crippen LogP contribution is 2.36. The summed E-state index contributed by atoms with van der Waals surface area (Å²) in [6, 6.07) is 23.4. The summed E-state index contributed by atoms with van der Waals surface area (Å²) in [5.74, 6) is -0.592. The van der Waals surface area contributed by atoms with Crippen LogP contribution in [0.3, 0.4) is 0 Å². The van der Waals surface area contributed by atoms with E-state index in [2.05, 4.69) is 0 Å². The molecule has 0 N–H and O–H groups in total. The number of nitrogens with zero attached hydrogens (tertiary/aromatic N) is 3. The Labute approximate surface area is 195 Å². The van der Waals surface area contributed by atoms with E-state index in [9.17, 15) is 9.59 Å². The third-order valence-electron chi connectivity index (χ3n) is 5.98. The van der Waals surface area contributed by atoms with Crippen molar-refractivity contribution in [1.29, 1.82) is 0 Å². The standard InChI is InChI=1S/C28H29N3O2/c1-19-11-16-24(20(2)17-19)25-26(30(5)18-21-9-7-6-8-10-21)28(33)31(27(25)32)23-14-12-22(13-15-23)29(3)4/h6-17H,18H2,1-5H3. The number of rotatable bonds is 6. The van der Waals surface area contributed by atoms with Gasteiger partial charge in [0.1, 0.15) is 5.70 Å². The summed E-state index contributed by atoms with van der Waals surface area (Å²) in [6.45, 7) is 4.53. The predicted molar refractivity (Wildman–Crippen MR) is 134 cm³/mol. The van der Waals surface area contributed by atoms with E-state index in [0.717, 1.165) is 27.9 Å². The van der Waals surface area contributed by atoms with E-state index in [1.807, 2.05) is 118 Å². The van der Waals surface area contributed by atoms with Gasteiger partial charge in [0, 0.05) is 33.4 Å². The topological polar surface area (TPSA) is 43.9 Å². The first kappa shape index (κ1) is 22.3. The lowest BCUT2D eigenvalue weighted by atomic mass is 9.97. The van der Waals surface area contributed by atoms with Crippen LogP contribution in [0.2, 0.25) is 0 Å². The molecule has 3 aromatic rings. The molecule has 33 heavy (non-hydrogen) atoms. The zero-order valence-electron chi connectivity index (χ0n) is 19.8. The van der Waals surface area contributed by atoms with Crippen molar-refractivity contribution in [1.82, 2.24) is 4.90 Å². The van der Waals surface area contributed by atoms with Crippen molar-refractivity contribution < 1.29 is 9.59 Å². The lowest BCUT2D eigenvalue weighted by molar-refractivity contribution is -0.120. The summed E-state index contributed by atoms with van der Waals surface area (Å²) in [6.07, 6.45) is 0. The van der Waals surface area contributed by atoms with Gasteiger partial charge in [-0.1, -0.05) is 54.1 Å². The largest absolute Gasteiger partial charge is 0.378 e. The summed E-state index contributed by atoms with van der Waals surface area (Å²) in [4.78, 5) is 32.6. The highest BCUT2D eigenvalue weighted by atomic mass is 16.2. The van der Waals surface area contributed by atoms with Gasteiger partial charge >= 0.3 is 0 Å². The Hall–Kier alpha value is -3.86. The molecule has 0 unspecified atom stereocenters. The van der Waals surface area contributed by atoms with Crippen LogP contribution in [0.25, 0.3) is 5.57 Å². The maximum absolute atomic E-state index is 13.8. The fourth-order valence-corrected chi connectivity index (χ4v) is 4.28. The van der Waals surface area contributed by atoms with Crippen LogP contribution in [-0.4, -0.2) is 37.9 Å². The van der Waals surface area contributed by atoms with E-state index >= 15 is 0 Å². The Morgan fingerprint density at radius 1 is 0.788 bits per heavy atom. The molecule has 0 aliphatic carbocycles. The van der Waals surface area contributed by atoms with Crippen molar-refractivity contribution in [2.24, 2.45) is 0 Å². The first-order valence-corrected chi connectivity index (χ1v) is 11.0. The molecular formula is C28H29N3O2. The lowest BCUT2D eigenvalue weighted by Crippen LogP contribution is -2.34. The van der Waals surface area contributed by atoms with Gasteiger partial charge in [-0.2, -0.15) is 0 Å². The summed E-state index contributed by atoms with van der Waals surface area (Å²) in [7, 11) is 5.78. The molecule has 1 aliphatic rings. The predicted octanol–water partition coefficient (Wildman–Crippen LogP) is 4.79. The van der Waals surface area contributed by atoms with Gasteiger partial charge in [0.25, 0.3) is 11.8 Å². The first-order valence-electron chi connectivity index (χ1n) is 11.0. The fourth-order valence-electron chi connectivity index (χ4n) is 4.28. The second kappa shape index (κ2) is 8.94. The van der Waals surface area contributed by atoms with Gasteiger partial charge in [0.2, 0.25) is 0 Å². The van der Waals surface area contributed by atoms with Crippen molar-refractivity contribution in [3.63, 3.8) is 0 Å². The van der Waals surface area contributed by atoms with Gasteiger partial charge < -0.3 is 9.80 Å². The van der Waals surface area contributed by atoms with E-state index in [-0.39, 0.29) is 11.8 Å². The van der Waals surface area contributed by atoms with Gasteiger partial charge in [-0.25, -0.2) is 4.90 Å². The van der Waals surface area contributed by atoms with Crippen LogP contribution in [0.15, 0.2) is 78.5 Å². The first-order chi connectivity index (χ1) is 15.8. The number of carbonyl (C=O) groups excluding carboxylic acids is 2. The van der Waals surface area contributed by atoms with Crippen LogP contribution >= 0.6 is 0 Å². The van der Waals surface area contributed by atoms with Crippen molar-refractivity contribution in [3.05, 3.63) is 101 Å². The monoisotopic (exact) mass is 439 g/mol. The maximum atomic E-state index is 13.8. The zero-order chi connectivity index (χ0) is 23.7. The van der Waals surface area contributed by atoms with Crippen molar-refractivity contribution in [3.8, 4) is 0 Å². The van der Waals surface area contributed by atoms with Gasteiger partial charge in [0.05, 0.1) is 11.3 Å². The average Bonchev–Trinajstić information content (AvgIpc) is 3.04. The molecule has 0 atom stereocenters. The molecule has 1 heterocycles. The molecule has 1 aliphatic heterocycles. The fraction of sp³-hybridized carbons (Fsp3) is 0.214. The van der Waals surface area contributed by atoms with Gasteiger partial charge in [-0.05, 0) is 54.8 Å². The Morgan fingerprint density at radius 2 is 1.45 bits per heavy atom.